The number of nitrogens with two attached hydrogens (primary N) is 1. The van der Waals surface area contributed by atoms with E-state index in [0.29, 0.717) is 13.2 Å². The minimum absolute atomic E-state index is 0.162. The maximum absolute atomic E-state index is 5.99. The van der Waals surface area contributed by atoms with Crippen LogP contribution in [0.25, 0.3) is 0 Å². The van der Waals surface area contributed by atoms with Crippen LogP contribution in [0.2, 0.25) is 0 Å². The van der Waals surface area contributed by atoms with Gasteiger partial charge in [0.1, 0.15) is 11.9 Å². The number of methoxy groups -OCH3 is 1. The molecule has 0 aromatic heterocycles. The van der Waals surface area contributed by atoms with Crippen LogP contribution in [0.15, 0.2) is 53.0 Å². The van der Waals surface area contributed by atoms with Gasteiger partial charge in [0.05, 0.1) is 6.61 Å². The highest BCUT2D eigenvalue weighted by atomic mass is 79.9. The Morgan fingerprint density at radius 1 is 1.15 bits per heavy atom. The van der Waals surface area contributed by atoms with Crippen molar-refractivity contribution in [3.05, 3.63) is 64.1 Å². The van der Waals surface area contributed by atoms with Gasteiger partial charge in [0.25, 0.3) is 0 Å². The lowest BCUT2D eigenvalue weighted by molar-refractivity contribution is 0.183. The SMILES string of the molecule is COCc1cccc(OC(CN)c2cccc(Br)c2)c1. The zero-order chi connectivity index (χ0) is 14.4. The Balaban J connectivity index is 2.15. The summed E-state index contributed by atoms with van der Waals surface area (Å²) >= 11 is 3.46. The van der Waals surface area contributed by atoms with Crippen LogP contribution in [0, 0.1) is 0 Å². The molecule has 0 bridgehead atoms. The largest absolute Gasteiger partial charge is 0.484 e. The smallest absolute Gasteiger partial charge is 0.136 e. The van der Waals surface area contributed by atoms with Gasteiger partial charge in [-0.2, -0.15) is 0 Å². The maximum atomic E-state index is 5.99. The second kappa shape index (κ2) is 7.43. The first-order valence-corrected chi connectivity index (χ1v) is 7.22. The Morgan fingerprint density at radius 3 is 2.65 bits per heavy atom. The molecule has 2 rings (SSSR count). The molecule has 1 atom stereocenters. The minimum Gasteiger partial charge on any atom is -0.484 e. The molecule has 0 amide bonds. The molecule has 2 N–H and O–H groups in total. The van der Waals surface area contributed by atoms with Crippen LogP contribution < -0.4 is 10.5 Å². The number of benzene rings is 2. The molecule has 106 valence electrons. The molecule has 3 nitrogen and oxygen atoms in total. The third kappa shape index (κ3) is 4.07. The van der Waals surface area contributed by atoms with Gasteiger partial charge in [0.2, 0.25) is 0 Å². The quantitative estimate of drug-likeness (QED) is 0.875. The molecular formula is C16H18BrNO2. The molecule has 2 aromatic carbocycles. The highest BCUT2D eigenvalue weighted by Gasteiger charge is 2.12. The summed E-state index contributed by atoms with van der Waals surface area (Å²) in [6, 6.07) is 15.9. The Labute approximate surface area is 127 Å². The Bertz CT molecular complexity index is 560. The van der Waals surface area contributed by atoms with Crippen LogP contribution in [0.4, 0.5) is 0 Å². The van der Waals surface area contributed by atoms with Gasteiger partial charge in [-0.05, 0) is 35.4 Å². The molecule has 4 heteroatoms. The van der Waals surface area contributed by atoms with Crippen molar-refractivity contribution in [3.8, 4) is 5.75 Å². The van der Waals surface area contributed by atoms with E-state index in [9.17, 15) is 0 Å². The van der Waals surface area contributed by atoms with Gasteiger partial charge in [-0.3, -0.25) is 0 Å². The Hall–Kier alpha value is -1.36. The Morgan fingerprint density at radius 2 is 1.95 bits per heavy atom. The van der Waals surface area contributed by atoms with E-state index in [-0.39, 0.29) is 6.10 Å². The lowest BCUT2D eigenvalue weighted by Gasteiger charge is -2.18. The van der Waals surface area contributed by atoms with Crippen LogP contribution in [0.1, 0.15) is 17.2 Å². The van der Waals surface area contributed by atoms with Gasteiger partial charge in [-0.25, -0.2) is 0 Å². The fraction of sp³-hybridized carbons (Fsp3) is 0.250. The van der Waals surface area contributed by atoms with E-state index in [4.69, 9.17) is 15.2 Å². The van der Waals surface area contributed by atoms with Crippen LogP contribution in [-0.4, -0.2) is 13.7 Å². The van der Waals surface area contributed by atoms with Crippen molar-refractivity contribution in [1.29, 1.82) is 0 Å². The highest BCUT2D eigenvalue weighted by molar-refractivity contribution is 9.10. The van der Waals surface area contributed by atoms with E-state index in [1.807, 2.05) is 48.5 Å². The third-order valence-corrected chi connectivity index (χ3v) is 3.42. The zero-order valence-corrected chi connectivity index (χ0v) is 13.0. The van der Waals surface area contributed by atoms with E-state index >= 15 is 0 Å². The standard InChI is InChI=1S/C16H18BrNO2/c1-19-11-12-4-2-7-15(8-12)20-16(10-18)13-5-3-6-14(17)9-13/h2-9,16H,10-11,18H2,1H3. The van der Waals surface area contributed by atoms with Gasteiger partial charge >= 0.3 is 0 Å². The minimum atomic E-state index is -0.162. The molecule has 0 aliphatic heterocycles. The number of hydrogen-bond donors (Lipinski definition) is 1. The summed E-state index contributed by atoms with van der Waals surface area (Å²) in [7, 11) is 1.68. The van der Waals surface area contributed by atoms with Crippen molar-refractivity contribution in [2.24, 2.45) is 5.73 Å². The van der Waals surface area contributed by atoms with E-state index in [1.165, 1.54) is 0 Å². The molecule has 0 saturated carbocycles. The van der Waals surface area contributed by atoms with E-state index < -0.39 is 0 Å². The van der Waals surface area contributed by atoms with E-state index in [0.717, 1.165) is 21.3 Å². The van der Waals surface area contributed by atoms with Crippen molar-refractivity contribution >= 4 is 15.9 Å². The maximum Gasteiger partial charge on any atom is 0.136 e. The van der Waals surface area contributed by atoms with E-state index in [2.05, 4.69) is 15.9 Å². The molecule has 0 aliphatic carbocycles. The van der Waals surface area contributed by atoms with Crippen molar-refractivity contribution < 1.29 is 9.47 Å². The topological polar surface area (TPSA) is 44.5 Å². The lowest BCUT2D eigenvalue weighted by atomic mass is 10.1. The molecule has 0 saturated heterocycles. The average molecular weight is 336 g/mol. The monoisotopic (exact) mass is 335 g/mol. The summed E-state index contributed by atoms with van der Waals surface area (Å²) in [5.41, 5.74) is 7.97. The van der Waals surface area contributed by atoms with Crippen molar-refractivity contribution in [2.45, 2.75) is 12.7 Å². The van der Waals surface area contributed by atoms with Gasteiger partial charge in [0, 0.05) is 18.1 Å². The van der Waals surface area contributed by atoms with Gasteiger partial charge < -0.3 is 15.2 Å². The third-order valence-electron chi connectivity index (χ3n) is 2.92. The summed E-state index contributed by atoms with van der Waals surface area (Å²) in [4.78, 5) is 0. The number of ether oxygens (including phenoxy) is 2. The molecule has 0 heterocycles. The molecule has 0 aliphatic rings. The summed E-state index contributed by atoms with van der Waals surface area (Å²) in [6.45, 7) is 0.992. The predicted octanol–water partition coefficient (Wildman–Crippen LogP) is 3.67. The fourth-order valence-corrected chi connectivity index (χ4v) is 2.42. The van der Waals surface area contributed by atoms with Gasteiger partial charge in [0.15, 0.2) is 0 Å². The average Bonchev–Trinajstić information content (AvgIpc) is 2.45. The van der Waals surface area contributed by atoms with Gasteiger partial charge in [-0.15, -0.1) is 0 Å². The molecule has 1 unspecified atom stereocenters. The first-order valence-electron chi connectivity index (χ1n) is 6.43. The lowest BCUT2D eigenvalue weighted by Crippen LogP contribution is -2.18. The number of halogens is 1. The van der Waals surface area contributed by atoms with Crippen molar-refractivity contribution in [3.63, 3.8) is 0 Å². The normalized spacial score (nSPS) is 12.2. The van der Waals surface area contributed by atoms with E-state index in [1.54, 1.807) is 7.11 Å². The van der Waals surface area contributed by atoms with Crippen molar-refractivity contribution in [2.75, 3.05) is 13.7 Å². The zero-order valence-electron chi connectivity index (χ0n) is 11.4. The number of rotatable bonds is 6. The molecule has 0 radical (unpaired) electrons. The van der Waals surface area contributed by atoms with Crippen LogP contribution >= 0.6 is 15.9 Å². The molecular weight excluding hydrogens is 318 g/mol. The second-order valence-corrected chi connectivity index (χ2v) is 5.39. The van der Waals surface area contributed by atoms with Crippen LogP contribution in [0.3, 0.4) is 0 Å². The highest BCUT2D eigenvalue weighted by Crippen LogP contribution is 2.24. The van der Waals surface area contributed by atoms with Crippen molar-refractivity contribution in [1.82, 2.24) is 0 Å². The molecule has 2 aromatic rings. The summed E-state index contributed by atoms with van der Waals surface area (Å²) in [5.74, 6) is 0.801. The first kappa shape index (κ1) is 15.0. The summed E-state index contributed by atoms with van der Waals surface area (Å²) < 4.78 is 12.1. The first-order chi connectivity index (χ1) is 9.72. The predicted molar refractivity (Wildman–Crippen MR) is 83.7 cm³/mol. The molecule has 0 fully saturated rings. The molecule has 20 heavy (non-hydrogen) atoms. The van der Waals surface area contributed by atoms with Gasteiger partial charge in [-0.1, -0.05) is 40.2 Å². The molecule has 0 spiro atoms. The summed E-state index contributed by atoms with van der Waals surface area (Å²) in [6.07, 6.45) is -0.162. The van der Waals surface area contributed by atoms with Crippen LogP contribution in [0.5, 0.6) is 5.75 Å². The number of hydrogen-bond acceptors (Lipinski definition) is 3. The fourth-order valence-electron chi connectivity index (χ4n) is 2.00. The van der Waals surface area contributed by atoms with Crippen LogP contribution in [-0.2, 0) is 11.3 Å². The summed E-state index contributed by atoms with van der Waals surface area (Å²) in [5, 5.41) is 0. The second-order valence-electron chi connectivity index (χ2n) is 4.48. The Kier molecular flexibility index (Phi) is 5.59.